The van der Waals surface area contributed by atoms with Crippen LogP contribution in [0.2, 0.25) is 0 Å². The van der Waals surface area contributed by atoms with Gasteiger partial charge in [0.1, 0.15) is 17.4 Å². The SMILES string of the molecule is CC(C)(C)OC(=O)N1C(Cc2ccccc2)N(C(=O)OC(C)(C)C)[C@@H]2CCCC[C@H]21. The lowest BCUT2D eigenvalue weighted by atomic mass is 9.90. The van der Waals surface area contributed by atoms with Gasteiger partial charge in [-0.2, -0.15) is 0 Å². The topological polar surface area (TPSA) is 59.1 Å². The van der Waals surface area contributed by atoms with Crippen LogP contribution in [0.4, 0.5) is 9.59 Å². The molecule has 2 amide bonds. The summed E-state index contributed by atoms with van der Waals surface area (Å²) in [4.78, 5) is 30.2. The van der Waals surface area contributed by atoms with Crippen LogP contribution in [0.3, 0.4) is 0 Å². The Morgan fingerprint density at radius 2 is 1.27 bits per heavy atom. The average Bonchev–Trinajstić information content (AvgIpc) is 2.93. The number of nitrogens with zero attached hydrogens (tertiary/aromatic N) is 2. The second kappa shape index (κ2) is 8.48. The number of rotatable bonds is 2. The minimum absolute atomic E-state index is 0.0465. The van der Waals surface area contributed by atoms with E-state index in [1.165, 1.54) is 0 Å². The molecular weight excluding hydrogens is 380 g/mol. The van der Waals surface area contributed by atoms with Gasteiger partial charge in [0.2, 0.25) is 0 Å². The van der Waals surface area contributed by atoms with Crippen molar-refractivity contribution in [1.29, 1.82) is 0 Å². The van der Waals surface area contributed by atoms with Gasteiger partial charge in [-0.15, -0.1) is 0 Å². The first-order chi connectivity index (χ1) is 14.0. The molecule has 2 fully saturated rings. The van der Waals surface area contributed by atoms with Crippen molar-refractivity contribution in [2.45, 2.75) is 103 Å². The zero-order valence-electron chi connectivity index (χ0n) is 19.2. The van der Waals surface area contributed by atoms with E-state index in [4.69, 9.17) is 9.47 Å². The highest BCUT2D eigenvalue weighted by Gasteiger charge is 2.53. The van der Waals surface area contributed by atoms with Gasteiger partial charge in [-0.05, 0) is 59.9 Å². The molecule has 2 aliphatic rings. The second-order valence-electron chi connectivity index (χ2n) is 10.4. The number of fused-ring (bicyclic) bond motifs is 1. The van der Waals surface area contributed by atoms with Gasteiger partial charge < -0.3 is 9.47 Å². The minimum Gasteiger partial charge on any atom is -0.444 e. The summed E-state index contributed by atoms with van der Waals surface area (Å²) in [5.41, 5.74) is -0.126. The largest absolute Gasteiger partial charge is 0.444 e. The van der Waals surface area contributed by atoms with Crippen LogP contribution >= 0.6 is 0 Å². The summed E-state index contributed by atoms with van der Waals surface area (Å²) in [7, 11) is 0. The molecular formula is C24H36N2O4. The quantitative estimate of drug-likeness (QED) is 0.652. The predicted molar refractivity (Wildman–Crippen MR) is 116 cm³/mol. The van der Waals surface area contributed by atoms with Crippen molar-refractivity contribution in [1.82, 2.24) is 9.80 Å². The Kier molecular flexibility index (Phi) is 6.34. The molecule has 0 aromatic heterocycles. The van der Waals surface area contributed by atoms with Crippen LogP contribution in [0.1, 0.15) is 72.8 Å². The summed E-state index contributed by atoms with van der Waals surface area (Å²) in [5, 5.41) is 0. The molecule has 2 atom stereocenters. The molecule has 1 aliphatic heterocycles. The molecule has 1 saturated carbocycles. The molecule has 30 heavy (non-hydrogen) atoms. The first-order valence-corrected chi connectivity index (χ1v) is 11.0. The molecule has 1 aromatic carbocycles. The molecule has 1 aromatic rings. The Hall–Kier alpha value is -2.24. The van der Waals surface area contributed by atoms with Gasteiger partial charge in [-0.1, -0.05) is 43.2 Å². The number of carbonyl (C=O) groups is 2. The fourth-order valence-electron chi connectivity index (χ4n) is 4.48. The lowest BCUT2D eigenvalue weighted by Gasteiger charge is -2.34. The van der Waals surface area contributed by atoms with Crippen LogP contribution in [0, 0.1) is 0 Å². The molecule has 0 spiro atoms. The Balaban J connectivity index is 1.99. The molecule has 6 nitrogen and oxygen atoms in total. The summed E-state index contributed by atoms with van der Waals surface area (Å²) in [6.45, 7) is 11.2. The van der Waals surface area contributed by atoms with Gasteiger partial charge in [0, 0.05) is 6.42 Å². The average molecular weight is 417 g/mol. The first-order valence-electron chi connectivity index (χ1n) is 11.0. The zero-order valence-corrected chi connectivity index (χ0v) is 19.2. The van der Waals surface area contributed by atoms with E-state index in [-0.39, 0.29) is 24.3 Å². The zero-order chi connectivity index (χ0) is 22.1. The smallest absolute Gasteiger partial charge is 0.412 e. The van der Waals surface area contributed by atoms with Crippen LogP contribution in [0.15, 0.2) is 30.3 Å². The third-order valence-electron chi connectivity index (χ3n) is 5.52. The molecule has 0 bridgehead atoms. The Labute approximate surface area is 180 Å². The van der Waals surface area contributed by atoms with E-state index in [2.05, 4.69) is 0 Å². The summed E-state index contributed by atoms with van der Waals surface area (Å²) >= 11 is 0. The third-order valence-corrected chi connectivity index (χ3v) is 5.52. The van der Waals surface area contributed by atoms with Crippen molar-refractivity contribution < 1.29 is 19.1 Å². The van der Waals surface area contributed by atoms with Gasteiger partial charge in [-0.3, -0.25) is 9.80 Å². The highest BCUT2D eigenvalue weighted by atomic mass is 16.6. The van der Waals surface area contributed by atoms with Crippen LogP contribution in [0.5, 0.6) is 0 Å². The Bertz CT molecular complexity index is 707. The van der Waals surface area contributed by atoms with E-state index >= 15 is 0 Å². The van der Waals surface area contributed by atoms with E-state index in [1.807, 2.05) is 81.7 Å². The maximum atomic E-state index is 13.3. The van der Waals surface area contributed by atoms with Crippen molar-refractivity contribution >= 4 is 12.2 Å². The maximum Gasteiger partial charge on any atom is 0.412 e. The highest BCUT2D eigenvalue weighted by Crippen LogP contribution is 2.39. The van der Waals surface area contributed by atoms with E-state index in [0.29, 0.717) is 6.42 Å². The van der Waals surface area contributed by atoms with Crippen molar-refractivity contribution in [3.8, 4) is 0 Å². The first kappa shape index (κ1) is 22.4. The summed E-state index contributed by atoms with van der Waals surface area (Å²) in [6, 6.07) is 9.89. The van der Waals surface area contributed by atoms with E-state index in [1.54, 1.807) is 0 Å². The Morgan fingerprint density at radius 1 is 0.833 bits per heavy atom. The molecule has 0 unspecified atom stereocenters. The fourth-order valence-corrected chi connectivity index (χ4v) is 4.48. The highest BCUT2D eigenvalue weighted by molar-refractivity contribution is 5.74. The number of carbonyl (C=O) groups excluding carboxylic acids is 2. The number of hydrogen-bond acceptors (Lipinski definition) is 4. The molecule has 0 radical (unpaired) electrons. The standard InChI is InChI=1S/C24H36N2O4/c1-23(2,3)29-21(27)25-18-14-10-11-15-19(18)26(22(28)30-24(4,5)6)20(25)16-17-12-8-7-9-13-17/h7-9,12-13,18-20H,10-11,14-16H2,1-6H3/t18-,19-/m1/s1. The van der Waals surface area contributed by atoms with Crippen molar-refractivity contribution in [2.75, 3.05) is 0 Å². The van der Waals surface area contributed by atoms with Crippen molar-refractivity contribution in [3.63, 3.8) is 0 Å². The Morgan fingerprint density at radius 3 is 1.67 bits per heavy atom. The molecule has 6 heteroatoms. The maximum absolute atomic E-state index is 13.3. The van der Waals surface area contributed by atoms with Crippen LogP contribution in [-0.4, -0.2) is 51.4 Å². The van der Waals surface area contributed by atoms with Gasteiger partial charge in [0.15, 0.2) is 0 Å². The number of ether oxygens (including phenoxy) is 2. The molecule has 1 heterocycles. The van der Waals surface area contributed by atoms with Gasteiger partial charge in [-0.25, -0.2) is 9.59 Å². The predicted octanol–water partition coefficient (Wildman–Crippen LogP) is 5.35. The molecule has 1 aliphatic carbocycles. The summed E-state index contributed by atoms with van der Waals surface area (Å²) < 4.78 is 11.6. The summed E-state index contributed by atoms with van der Waals surface area (Å²) in [6.07, 6.45) is 3.24. The lowest BCUT2D eigenvalue weighted by Crippen LogP contribution is -2.50. The van der Waals surface area contributed by atoms with E-state index < -0.39 is 17.4 Å². The lowest BCUT2D eigenvalue weighted by molar-refractivity contribution is -0.00462. The molecule has 3 rings (SSSR count). The fraction of sp³-hybridized carbons (Fsp3) is 0.667. The number of amides is 2. The van der Waals surface area contributed by atoms with Crippen LogP contribution in [0.25, 0.3) is 0 Å². The second-order valence-corrected chi connectivity index (χ2v) is 10.4. The minimum atomic E-state index is -0.599. The van der Waals surface area contributed by atoms with E-state index in [0.717, 1.165) is 31.2 Å². The normalized spacial score (nSPS) is 22.6. The van der Waals surface area contributed by atoms with Crippen molar-refractivity contribution in [2.24, 2.45) is 0 Å². The summed E-state index contributed by atoms with van der Waals surface area (Å²) in [5.74, 6) is 0. The van der Waals surface area contributed by atoms with Crippen LogP contribution < -0.4 is 0 Å². The molecule has 166 valence electrons. The van der Waals surface area contributed by atoms with Gasteiger partial charge >= 0.3 is 12.2 Å². The third kappa shape index (κ3) is 5.27. The number of hydrogen-bond donors (Lipinski definition) is 0. The molecule has 1 saturated heterocycles. The molecule has 0 N–H and O–H groups in total. The van der Waals surface area contributed by atoms with Gasteiger partial charge in [0.05, 0.1) is 12.1 Å². The number of benzene rings is 1. The van der Waals surface area contributed by atoms with Gasteiger partial charge in [0.25, 0.3) is 0 Å². The van der Waals surface area contributed by atoms with Crippen molar-refractivity contribution in [3.05, 3.63) is 35.9 Å². The van der Waals surface area contributed by atoms with Crippen LogP contribution in [-0.2, 0) is 15.9 Å². The monoisotopic (exact) mass is 416 g/mol. The van der Waals surface area contributed by atoms with E-state index in [9.17, 15) is 9.59 Å².